The van der Waals surface area contributed by atoms with E-state index in [0.29, 0.717) is 0 Å². The van der Waals surface area contributed by atoms with Crippen molar-refractivity contribution in [3.63, 3.8) is 0 Å². The Morgan fingerprint density at radius 2 is 1.38 bits per heavy atom. The first-order valence-electron chi connectivity index (χ1n) is 9.84. The first kappa shape index (κ1) is 25.6. The Bertz CT molecular complexity index is 649. The second-order valence-electron chi connectivity index (χ2n) is 7.91. The number of hydrogen-bond donors (Lipinski definition) is 9. The van der Waals surface area contributed by atoms with Crippen LogP contribution in [0.3, 0.4) is 0 Å². The predicted molar refractivity (Wildman–Crippen MR) is 94.4 cm³/mol. The van der Waals surface area contributed by atoms with Crippen molar-refractivity contribution in [2.24, 2.45) is 0 Å². The minimum absolute atomic E-state index is 0.430. The number of carboxylic acid groups (broad SMARTS) is 1. The fourth-order valence-corrected chi connectivity index (χ4v) is 3.68. The maximum atomic E-state index is 11.3. The van der Waals surface area contributed by atoms with Crippen molar-refractivity contribution in [3.05, 3.63) is 0 Å². The average molecular weight is 472 g/mol. The normalized spacial score (nSPS) is 52.5. The number of carbonyl (C=O) groups is 1. The predicted octanol–water partition coefficient (Wildman–Crippen LogP) is -5.81. The molecule has 0 unspecified atom stereocenters. The second-order valence-corrected chi connectivity index (χ2v) is 7.91. The molecule has 0 aromatic rings. The van der Waals surface area contributed by atoms with E-state index >= 15 is 0 Å². The molecule has 15 heteroatoms. The summed E-state index contributed by atoms with van der Waals surface area (Å²) in [5, 5.41) is 89.5. The summed E-state index contributed by atoms with van der Waals surface area (Å²) in [7, 11) is 0. The largest absolute Gasteiger partial charge is 0.479 e. The summed E-state index contributed by atoms with van der Waals surface area (Å²) in [6.07, 6.45) is -23.8. The van der Waals surface area contributed by atoms with Crippen LogP contribution in [0, 0.1) is 0 Å². The fraction of sp³-hybridized carbons (Fsp3) is 0.941. The van der Waals surface area contributed by atoms with Crippen LogP contribution in [0.2, 0.25) is 0 Å². The Balaban J connectivity index is 1.81. The van der Waals surface area contributed by atoms with Gasteiger partial charge in [0, 0.05) is 0 Å². The van der Waals surface area contributed by atoms with Crippen LogP contribution in [0.15, 0.2) is 0 Å². The van der Waals surface area contributed by atoms with E-state index in [1.807, 2.05) is 0 Å². The topological polar surface area (TPSA) is 245 Å². The third-order valence-corrected chi connectivity index (χ3v) is 5.63. The molecule has 186 valence electrons. The van der Waals surface area contributed by atoms with E-state index in [0.717, 1.165) is 0 Å². The van der Waals surface area contributed by atoms with Crippen LogP contribution in [-0.4, -0.2) is 145 Å². The summed E-state index contributed by atoms with van der Waals surface area (Å²) in [6.45, 7) is 0.930. The van der Waals surface area contributed by atoms with Crippen molar-refractivity contribution in [3.8, 4) is 0 Å². The Morgan fingerprint density at radius 3 is 2.00 bits per heavy atom. The third-order valence-electron chi connectivity index (χ3n) is 5.63. The van der Waals surface area contributed by atoms with Gasteiger partial charge in [-0.1, -0.05) is 0 Å². The Kier molecular flexibility index (Phi) is 8.04. The molecule has 3 saturated heterocycles. The van der Waals surface area contributed by atoms with Gasteiger partial charge in [-0.05, 0) is 6.92 Å². The van der Waals surface area contributed by atoms with Crippen molar-refractivity contribution in [1.82, 2.24) is 0 Å². The summed E-state index contributed by atoms with van der Waals surface area (Å²) in [4.78, 5) is 11.3. The third kappa shape index (κ3) is 4.90. The minimum Gasteiger partial charge on any atom is -0.479 e. The van der Waals surface area contributed by atoms with Gasteiger partial charge in [-0.2, -0.15) is 0 Å². The molecule has 9 N–H and O–H groups in total. The fourth-order valence-electron chi connectivity index (χ4n) is 3.68. The molecule has 3 aliphatic heterocycles. The van der Waals surface area contributed by atoms with Crippen molar-refractivity contribution in [1.29, 1.82) is 0 Å². The second kappa shape index (κ2) is 10.1. The lowest BCUT2D eigenvalue weighted by Gasteiger charge is -2.47. The van der Waals surface area contributed by atoms with E-state index in [9.17, 15) is 45.6 Å². The molecule has 32 heavy (non-hydrogen) atoms. The molecule has 0 aliphatic carbocycles. The zero-order chi connectivity index (χ0) is 23.9. The van der Waals surface area contributed by atoms with E-state index < -0.39 is 98.6 Å². The Hall–Kier alpha value is -1.05. The molecule has 0 spiro atoms. The van der Waals surface area contributed by atoms with E-state index in [1.165, 1.54) is 6.92 Å². The number of carboxylic acids is 1. The number of hydrogen-bond acceptors (Lipinski definition) is 14. The molecule has 3 fully saturated rings. The maximum Gasteiger partial charge on any atom is 0.335 e. The molecule has 3 rings (SSSR count). The highest BCUT2D eigenvalue weighted by Crippen LogP contribution is 2.31. The van der Waals surface area contributed by atoms with Gasteiger partial charge in [0.1, 0.15) is 54.9 Å². The van der Waals surface area contributed by atoms with Gasteiger partial charge in [0.2, 0.25) is 0 Å². The summed E-state index contributed by atoms with van der Waals surface area (Å²) in [5.41, 5.74) is 0. The van der Waals surface area contributed by atoms with Crippen LogP contribution in [0.4, 0.5) is 0 Å². The van der Waals surface area contributed by atoms with Crippen LogP contribution in [0.5, 0.6) is 0 Å². The number of aliphatic hydroxyl groups excluding tert-OH is 8. The van der Waals surface area contributed by atoms with Gasteiger partial charge in [0.05, 0.1) is 12.7 Å². The van der Waals surface area contributed by atoms with Gasteiger partial charge < -0.3 is 69.6 Å². The summed E-state index contributed by atoms with van der Waals surface area (Å²) >= 11 is 0. The molecule has 3 aliphatic rings. The van der Waals surface area contributed by atoms with Gasteiger partial charge in [-0.15, -0.1) is 0 Å². The van der Waals surface area contributed by atoms with E-state index in [4.69, 9.17) is 24.1 Å². The lowest BCUT2D eigenvalue weighted by molar-refractivity contribution is -0.377. The van der Waals surface area contributed by atoms with Gasteiger partial charge >= 0.3 is 5.97 Å². The zero-order valence-corrected chi connectivity index (χ0v) is 16.8. The molecule has 0 saturated carbocycles. The van der Waals surface area contributed by atoms with Gasteiger partial charge in [0.25, 0.3) is 0 Å². The first-order valence-corrected chi connectivity index (χ1v) is 9.84. The minimum atomic E-state index is -2.04. The van der Waals surface area contributed by atoms with Crippen molar-refractivity contribution in [2.45, 2.75) is 92.9 Å². The van der Waals surface area contributed by atoms with E-state index in [2.05, 4.69) is 4.74 Å². The quantitative estimate of drug-likeness (QED) is 0.181. The molecule has 0 aromatic heterocycles. The molecule has 0 radical (unpaired) electrons. The molecule has 14 atom stereocenters. The van der Waals surface area contributed by atoms with Crippen LogP contribution in [-0.2, 0) is 28.5 Å². The molecule has 0 amide bonds. The molecule has 0 aromatic carbocycles. The number of aliphatic carboxylic acids is 1. The SMILES string of the molecule is C[C@@H]1O[C@@H](O[C@@H]2[C@@H](O)[C@H](O)O[C@H](C(=O)O)[C@H]2O)[C@H](O[C@@H]2OC[C@@H](O)[C@H](O)[C@H]2O)[C@H](O)[C@H]1O. The van der Waals surface area contributed by atoms with Crippen LogP contribution < -0.4 is 0 Å². The molecule has 0 bridgehead atoms. The average Bonchev–Trinajstić information content (AvgIpc) is 2.74. The van der Waals surface area contributed by atoms with Crippen molar-refractivity contribution in [2.75, 3.05) is 6.61 Å². The number of ether oxygens (including phenoxy) is 5. The summed E-state index contributed by atoms with van der Waals surface area (Å²) in [5.74, 6) is -1.65. The van der Waals surface area contributed by atoms with Gasteiger partial charge in [0.15, 0.2) is 25.0 Å². The maximum absolute atomic E-state index is 11.3. The van der Waals surface area contributed by atoms with E-state index in [-0.39, 0.29) is 0 Å². The first-order chi connectivity index (χ1) is 14.9. The van der Waals surface area contributed by atoms with E-state index in [1.54, 1.807) is 0 Å². The molecular weight excluding hydrogens is 444 g/mol. The number of rotatable bonds is 5. The summed E-state index contributed by atoms with van der Waals surface area (Å²) in [6, 6.07) is 0. The highest BCUT2D eigenvalue weighted by Gasteiger charge is 2.53. The highest BCUT2D eigenvalue weighted by atomic mass is 16.8. The van der Waals surface area contributed by atoms with Gasteiger partial charge in [-0.25, -0.2) is 4.79 Å². The lowest BCUT2D eigenvalue weighted by Crippen LogP contribution is -2.66. The van der Waals surface area contributed by atoms with Crippen molar-refractivity contribution < 1.29 is 74.4 Å². The Morgan fingerprint density at radius 1 is 0.750 bits per heavy atom. The lowest BCUT2D eigenvalue weighted by atomic mass is 9.96. The molecular formula is C17H28O15. The van der Waals surface area contributed by atoms with Crippen LogP contribution >= 0.6 is 0 Å². The molecule has 15 nitrogen and oxygen atoms in total. The Labute approximate surface area is 180 Å². The van der Waals surface area contributed by atoms with Crippen LogP contribution in [0.1, 0.15) is 6.92 Å². The zero-order valence-electron chi connectivity index (χ0n) is 16.8. The number of aliphatic hydroxyl groups is 8. The highest BCUT2D eigenvalue weighted by molar-refractivity contribution is 5.73. The van der Waals surface area contributed by atoms with Crippen LogP contribution in [0.25, 0.3) is 0 Å². The monoisotopic (exact) mass is 472 g/mol. The standard InChI is InChI=1S/C17H28O15/c1-3-5(19)7(21)13(32-16-8(22)6(20)4(18)2-28-16)17(29-3)31-11-9(23)12(14(25)26)30-15(27)10(11)24/h3-13,15-24,27H,2H2,1H3,(H,25,26)/t3-,4+,5-,6-,7+,8+,9-,10+,11-,12-,13+,15+,16-,17-/m0/s1. The van der Waals surface area contributed by atoms with Gasteiger partial charge in [-0.3, -0.25) is 0 Å². The summed E-state index contributed by atoms with van der Waals surface area (Å²) < 4.78 is 26.1. The smallest absolute Gasteiger partial charge is 0.335 e. The van der Waals surface area contributed by atoms with Crippen molar-refractivity contribution >= 4 is 5.97 Å². The molecule has 3 heterocycles.